The van der Waals surface area contributed by atoms with Crippen LogP contribution in [0.3, 0.4) is 0 Å². The van der Waals surface area contributed by atoms with Gasteiger partial charge in [0.05, 0.1) is 11.8 Å². The molecule has 0 aliphatic heterocycles. The van der Waals surface area contributed by atoms with E-state index in [-0.39, 0.29) is 17.2 Å². The second kappa shape index (κ2) is 7.95. The highest BCUT2D eigenvalue weighted by molar-refractivity contribution is 7.89. The van der Waals surface area contributed by atoms with Crippen molar-refractivity contribution in [3.63, 3.8) is 0 Å². The Hall–Kier alpha value is -1.65. The minimum absolute atomic E-state index is 0.147. The van der Waals surface area contributed by atoms with E-state index in [0.29, 0.717) is 6.42 Å². The highest BCUT2D eigenvalue weighted by Gasteiger charge is 2.21. The third-order valence-corrected chi connectivity index (χ3v) is 5.32. The Kier molecular flexibility index (Phi) is 6.19. The van der Waals surface area contributed by atoms with Gasteiger partial charge in [-0.25, -0.2) is 13.1 Å². The van der Waals surface area contributed by atoms with Crippen molar-refractivity contribution in [3.05, 3.63) is 71.8 Å². The van der Waals surface area contributed by atoms with Gasteiger partial charge in [-0.1, -0.05) is 81.4 Å². The Morgan fingerprint density at radius 1 is 0.875 bits per heavy atom. The lowest BCUT2D eigenvalue weighted by atomic mass is 9.91. The fourth-order valence-corrected chi connectivity index (χ4v) is 3.92. The molecule has 4 heteroatoms. The molecular weight excluding hydrogens is 318 g/mol. The van der Waals surface area contributed by atoms with Crippen LogP contribution in [0.4, 0.5) is 0 Å². The molecule has 0 fully saturated rings. The van der Waals surface area contributed by atoms with Gasteiger partial charge >= 0.3 is 0 Å². The van der Waals surface area contributed by atoms with Crippen molar-refractivity contribution in [1.82, 2.24) is 4.72 Å². The Balaban J connectivity index is 2.17. The lowest BCUT2D eigenvalue weighted by Gasteiger charge is -2.21. The van der Waals surface area contributed by atoms with Gasteiger partial charge in [0.1, 0.15) is 0 Å². The summed E-state index contributed by atoms with van der Waals surface area (Å²) < 4.78 is 28.0. The summed E-state index contributed by atoms with van der Waals surface area (Å²) in [6.45, 7) is 6.39. The van der Waals surface area contributed by atoms with Gasteiger partial charge in [-0.2, -0.15) is 0 Å². The summed E-state index contributed by atoms with van der Waals surface area (Å²) in [5, 5.41) is 0. The minimum Gasteiger partial charge on any atom is -0.212 e. The second-order valence-electron chi connectivity index (χ2n) is 7.36. The van der Waals surface area contributed by atoms with E-state index in [9.17, 15) is 8.42 Å². The number of hydrogen-bond donors (Lipinski definition) is 1. The number of hydrogen-bond acceptors (Lipinski definition) is 2. The topological polar surface area (TPSA) is 46.2 Å². The van der Waals surface area contributed by atoms with Crippen molar-refractivity contribution in [2.45, 2.75) is 39.7 Å². The molecule has 0 atom stereocenters. The Labute approximate surface area is 146 Å². The molecule has 2 rings (SSSR count). The Morgan fingerprint density at radius 2 is 1.33 bits per heavy atom. The quantitative estimate of drug-likeness (QED) is 0.802. The zero-order valence-electron chi connectivity index (χ0n) is 14.7. The maximum atomic E-state index is 12.6. The number of nitrogens with one attached hydrogen (secondary N) is 1. The van der Waals surface area contributed by atoms with Crippen LogP contribution in [0.2, 0.25) is 0 Å². The van der Waals surface area contributed by atoms with Gasteiger partial charge in [0.2, 0.25) is 10.0 Å². The highest BCUT2D eigenvalue weighted by Crippen LogP contribution is 2.24. The first-order valence-electron chi connectivity index (χ1n) is 8.37. The molecule has 0 saturated carbocycles. The smallest absolute Gasteiger partial charge is 0.212 e. The molecule has 0 bridgehead atoms. The van der Waals surface area contributed by atoms with Gasteiger partial charge in [-0.15, -0.1) is 0 Å². The van der Waals surface area contributed by atoms with Gasteiger partial charge < -0.3 is 0 Å². The molecule has 0 heterocycles. The predicted molar refractivity (Wildman–Crippen MR) is 100 cm³/mol. The van der Waals surface area contributed by atoms with Crippen molar-refractivity contribution < 1.29 is 8.42 Å². The van der Waals surface area contributed by atoms with Crippen molar-refractivity contribution in [1.29, 1.82) is 0 Å². The zero-order chi connectivity index (χ0) is 17.6. The number of benzene rings is 2. The highest BCUT2D eigenvalue weighted by atomic mass is 32.2. The van der Waals surface area contributed by atoms with E-state index < -0.39 is 10.0 Å². The first-order chi connectivity index (χ1) is 11.3. The molecule has 0 unspecified atom stereocenters. The van der Waals surface area contributed by atoms with Crippen molar-refractivity contribution >= 4 is 10.0 Å². The summed E-state index contributed by atoms with van der Waals surface area (Å²) >= 11 is 0. The molecule has 130 valence electrons. The summed E-state index contributed by atoms with van der Waals surface area (Å²) in [6, 6.07) is 19.0. The zero-order valence-corrected chi connectivity index (χ0v) is 15.5. The standard InChI is InChI=1S/C20H27NO2S/c1-20(2,3)15-10-16-24(22,23)21-19(17-11-6-4-7-12-17)18-13-8-5-9-14-18/h4-9,11-14,19,21H,10,15-16H2,1-3H3. The Morgan fingerprint density at radius 3 is 1.75 bits per heavy atom. The fourth-order valence-electron chi connectivity index (χ4n) is 2.65. The third kappa shape index (κ3) is 6.10. The Bertz CT molecular complexity index is 680. The van der Waals surface area contributed by atoms with E-state index in [1.807, 2.05) is 60.7 Å². The van der Waals surface area contributed by atoms with Gasteiger partial charge in [-0.3, -0.25) is 0 Å². The predicted octanol–water partition coefficient (Wildman–Crippen LogP) is 4.52. The molecule has 0 radical (unpaired) electrons. The van der Waals surface area contributed by atoms with E-state index in [0.717, 1.165) is 17.5 Å². The van der Waals surface area contributed by atoms with Crippen LogP contribution >= 0.6 is 0 Å². The first kappa shape index (κ1) is 18.7. The van der Waals surface area contributed by atoms with Crippen LogP contribution in [0.5, 0.6) is 0 Å². The van der Waals surface area contributed by atoms with E-state index in [2.05, 4.69) is 25.5 Å². The molecule has 0 amide bonds. The molecule has 1 N–H and O–H groups in total. The molecule has 0 aromatic heterocycles. The maximum Gasteiger partial charge on any atom is 0.212 e. The maximum absolute atomic E-state index is 12.6. The second-order valence-corrected chi connectivity index (χ2v) is 9.23. The molecule has 0 saturated heterocycles. The van der Waals surface area contributed by atoms with Crippen LogP contribution in [0.25, 0.3) is 0 Å². The van der Waals surface area contributed by atoms with Crippen molar-refractivity contribution in [2.75, 3.05) is 5.75 Å². The molecule has 2 aromatic rings. The van der Waals surface area contributed by atoms with Crippen LogP contribution < -0.4 is 4.72 Å². The third-order valence-electron chi connectivity index (χ3n) is 3.90. The van der Waals surface area contributed by atoms with Gasteiger partial charge in [0, 0.05) is 0 Å². The van der Waals surface area contributed by atoms with Crippen LogP contribution in [-0.2, 0) is 10.0 Å². The van der Waals surface area contributed by atoms with E-state index in [4.69, 9.17) is 0 Å². The molecule has 0 aliphatic carbocycles. The fraction of sp³-hybridized carbons (Fsp3) is 0.400. The molecule has 0 spiro atoms. The monoisotopic (exact) mass is 345 g/mol. The summed E-state index contributed by atoms with van der Waals surface area (Å²) in [5.74, 6) is 0.153. The van der Waals surface area contributed by atoms with Gasteiger partial charge in [0.25, 0.3) is 0 Å². The van der Waals surface area contributed by atoms with Crippen LogP contribution in [-0.4, -0.2) is 14.2 Å². The van der Waals surface area contributed by atoms with E-state index >= 15 is 0 Å². The van der Waals surface area contributed by atoms with E-state index in [1.54, 1.807) is 0 Å². The van der Waals surface area contributed by atoms with Crippen LogP contribution in [0.1, 0.15) is 50.8 Å². The first-order valence-corrected chi connectivity index (χ1v) is 10.0. The van der Waals surface area contributed by atoms with Crippen LogP contribution in [0, 0.1) is 5.41 Å². The summed E-state index contributed by atoms with van der Waals surface area (Å²) in [5.41, 5.74) is 2.04. The van der Waals surface area contributed by atoms with Crippen molar-refractivity contribution in [2.24, 2.45) is 5.41 Å². The van der Waals surface area contributed by atoms with Gasteiger partial charge in [-0.05, 0) is 29.4 Å². The van der Waals surface area contributed by atoms with E-state index in [1.165, 1.54) is 0 Å². The number of sulfonamides is 1. The lowest BCUT2D eigenvalue weighted by Crippen LogP contribution is -2.31. The summed E-state index contributed by atoms with van der Waals surface area (Å²) in [7, 11) is -3.35. The summed E-state index contributed by atoms with van der Waals surface area (Å²) in [4.78, 5) is 0. The van der Waals surface area contributed by atoms with Crippen LogP contribution in [0.15, 0.2) is 60.7 Å². The molecule has 0 aliphatic rings. The average molecular weight is 346 g/mol. The normalized spacial score (nSPS) is 12.5. The largest absolute Gasteiger partial charge is 0.212 e. The molecule has 3 nitrogen and oxygen atoms in total. The number of rotatable bonds is 7. The average Bonchev–Trinajstić information content (AvgIpc) is 2.53. The minimum atomic E-state index is -3.35. The lowest BCUT2D eigenvalue weighted by molar-refractivity contribution is 0.373. The summed E-state index contributed by atoms with van der Waals surface area (Å²) in [6.07, 6.45) is 1.55. The SMILES string of the molecule is CC(C)(C)CCCS(=O)(=O)NC(c1ccccc1)c1ccccc1. The van der Waals surface area contributed by atoms with Gasteiger partial charge in [0.15, 0.2) is 0 Å². The van der Waals surface area contributed by atoms with Crippen molar-refractivity contribution in [3.8, 4) is 0 Å². The molecular formula is C20H27NO2S. The molecule has 2 aromatic carbocycles. The molecule has 24 heavy (non-hydrogen) atoms.